The van der Waals surface area contributed by atoms with Crippen LogP contribution < -0.4 is 27.4 Å². The number of hydrogen-bond donors (Lipinski definition) is 4. The Hall–Kier alpha value is -7.31. The van der Waals surface area contributed by atoms with E-state index in [-0.39, 0.29) is 69.1 Å². The first-order chi connectivity index (χ1) is 34.8. The van der Waals surface area contributed by atoms with Crippen LogP contribution in [0.3, 0.4) is 0 Å². The highest BCUT2D eigenvalue weighted by Crippen LogP contribution is 2.31. The number of benzene rings is 3. The zero-order valence-corrected chi connectivity index (χ0v) is 42.5. The zero-order valence-electron chi connectivity index (χ0n) is 42.5. The van der Waals surface area contributed by atoms with Crippen LogP contribution in [-0.4, -0.2) is 121 Å². The molecule has 0 bridgehead atoms. The molecule has 4 heterocycles. The smallest absolute Gasteiger partial charge is 0.408 e. The topological polar surface area (TPSA) is 245 Å². The molecule has 3 aliphatic rings. The monoisotopic (exact) mass is 1000 g/mol. The lowest BCUT2D eigenvalue weighted by Crippen LogP contribution is -2.62. The van der Waals surface area contributed by atoms with Crippen LogP contribution in [0.4, 0.5) is 4.79 Å². The van der Waals surface area contributed by atoms with E-state index in [1.54, 1.807) is 32.7 Å². The van der Waals surface area contributed by atoms with Crippen molar-refractivity contribution in [3.8, 4) is 0 Å². The van der Waals surface area contributed by atoms with Crippen molar-refractivity contribution in [1.29, 1.82) is 0 Å². The largest absolute Gasteiger partial charge is 0.444 e. The Morgan fingerprint density at radius 2 is 1.44 bits per heavy atom. The second-order valence-corrected chi connectivity index (χ2v) is 20.4. The highest BCUT2D eigenvalue weighted by atomic mass is 16.6. The highest BCUT2D eigenvalue weighted by Gasteiger charge is 2.46. The molecule has 5 atom stereocenters. The Balaban J connectivity index is 0.975. The number of nitrogens with zero attached hydrogens (tertiary/aromatic N) is 5. The fourth-order valence-corrected chi connectivity index (χ4v) is 10.3. The molecular formula is C54H69N9O10. The number of amides is 8. The molecule has 19 heteroatoms. The Morgan fingerprint density at radius 1 is 0.767 bits per heavy atom. The van der Waals surface area contributed by atoms with Crippen molar-refractivity contribution in [1.82, 2.24) is 39.8 Å². The number of nitrogens with two attached hydrogens (primary N) is 1. The van der Waals surface area contributed by atoms with E-state index in [1.807, 2.05) is 78.9 Å². The second kappa shape index (κ2) is 23.5. The lowest BCUT2D eigenvalue weighted by atomic mass is 9.98. The molecular weight excluding hydrogens is 935 g/mol. The van der Waals surface area contributed by atoms with Gasteiger partial charge in [-0.3, -0.25) is 47.6 Å². The number of piperidine rings is 1. The first kappa shape index (κ1) is 53.5. The van der Waals surface area contributed by atoms with Crippen molar-refractivity contribution in [2.45, 2.75) is 146 Å². The predicted molar refractivity (Wildman–Crippen MR) is 271 cm³/mol. The summed E-state index contributed by atoms with van der Waals surface area (Å²) in [7, 11) is 3.12. The third-order valence-corrected chi connectivity index (χ3v) is 14.1. The molecule has 0 saturated carbocycles. The molecule has 3 fully saturated rings. The van der Waals surface area contributed by atoms with Gasteiger partial charge in [0.2, 0.25) is 35.4 Å². The molecule has 1 aromatic heterocycles. The Kier molecular flexibility index (Phi) is 17.2. The molecule has 1 unspecified atom stereocenters. The van der Waals surface area contributed by atoms with Gasteiger partial charge in [-0.05, 0) is 101 Å². The van der Waals surface area contributed by atoms with E-state index < -0.39 is 77.5 Å². The minimum Gasteiger partial charge on any atom is -0.444 e. The first-order valence-corrected chi connectivity index (χ1v) is 25.4. The number of likely N-dealkylation sites (tertiary alicyclic amines) is 1. The van der Waals surface area contributed by atoms with Crippen LogP contribution in [0.2, 0.25) is 0 Å². The molecule has 4 aromatic rings. The number of primary amides is 1. The SMILES string of the molecule is CN1C(=O)CCC(n2c(=O)n(C)c3cc(CCCCCCC(=O)N4CC[C@H]5CC[C@@H](C(=O)N[C@@H](CCC(N)=O)C(=O)NC(c6ccccc6)c6ccccc6)N5C(=O)[C@@H](NC(=O)OC(C)(C)C)C4)ccc32)C1=O. The van der Waals surface area contributed by atoms with E-state index >= 15 is 0 Å². The normalized spacial score (nSPS) is 19.8. The van der Waals surface area contributed by atoms with Crippen molar-refractivity contribution < 1.29 is 43.1 Å². The molecule has 3 aliphatic heterocycles. The van der Waals surface area contributed by atoms with Crippen molar-refractivity contribution in [3.05, 3.63) is 106 Å². The summed E-state index contributed by atoms with van der Waals surface area (Å²) in [5.74, 6) is -3.16. The Bertz CT molecular complexity index is 2710. The Morgan fingerprint density at radius 3 is 2.10 bits per heavy atom. The number of carbonyl (C=O) groups excluding carboxylic acids is 8. The van der Waals surface area contributed by atoms with E-state index in [0.29, 0.717) is 30.3 Å². The van der Waals surface area contributed by atoms with Crippen LogP contribution in [0.25, 0.3) is 11.0 Å². The third-order valence-electron chi connectivity index (χ3n) is 14.1. The number of aryl methyl sites for hydroxylation is 2. The number of fused-ring (bicyclic) bond motifs is 2. The van der Waals surface area contributed by atoms with Gasteiger partial charge < -0.3 is 36.2 Å². The number of unbranched alkanes of at least 4 members (excludes halogenated alkanes) is 3. The second-order valence-electron chi connectivity index (χ2n) is 20.4. The van der Waals surface area contributed by atoms with E-state index in [1.165, 1.54) is 21.1 Å². The number of imidazole rings is 1. The molecule has 73 heavy (non-hydrogen) atoms. The van der Waals surface area contributed by atoms with E-state index in [4.69, 9.17) is 10.5 Å². The van der Waals surface area contributed by atoms with E-state index in [0.717, 1.165) is 47.3 Å². The standard InChI is InChI=1S/C54H69N9O10/c1-54(2,3)73-52(71)57-39-33-61(46(66)21-15-7-6-10-16-34-22-25-40-43(32-34)59(4)53(72)63(40)42-27-29-45(65)60(5)51(42)70)31-30-37-23-26-41(62(37)50(39)69)49(68)56-38(24-28-44(55)64)48(67)58-47(35-17-11-8-12-18-35)36-19-13-9-14-20-36/h8-9,11-14,17-20,22,25,32,37-39,41-42,47H,6-7,10,15-16,21,23-24,26-31,33H2,1-5H3,(H2,55,64)(H,56,68)(H,57,71)(H,58,67)/t37-,38+,39+,41+,42?/m1/s1. The maximum Gasteiger partial charge on any atom is 0.408 e. The quantitative estimate of drug-likeness (QED) is 0.0814. The van der Waals surface area contributed by atoms with Gasteiger partial charge in [-0.2, -0.15) is 0 Å². The molecule has 0 spiro atoms. The van der Waals surface area contributed by atoms with Gasteiger partial charge in [-0.25, -0.2) is 9.59 Å². The molecule has 390 valence electrons. The molecule has 8 amide bonds. The molecule has 5 N–H and O–H groups in total. The van der Waals surface area contributed by atoms with Crippen LogP contribution in [0.5, 0.6) is 0 Å². The maximum atomic E-state index is 14.7. The van der Waals surface area contributed by atoms with Gasteiger partial charge in [0.1, 0.15) is 29.8 Å². The molecule has 19 nitrogen and oxygen atoms in total. The van der Waals surface area contributed by atoms with Crippen LogP contribution in [-0.2, 0) is 51.8 Å². The van der Waals surface area contributed by atoms with Gasteiger partial charge in [0.05, 0.1) is 23.6 Å². The zero-order chi connectivity index (χ0) is 52.6. The number of nitrogens with one attached hydrogen (secondary N) is 3. The minimum absolute atomic E-state index is 0.0858. The van der Waals surface area contributed by atoms with Crippen molar-refractivity contribution in [2.75, 3.05) is 20.1 Å². The summed E-state index contributed by atoms with van der Waals surface area (Å²) >= 11 is 0. The van der Waals surface area contributed by atoms with Gasteiger partial charge >= 0.3 is 11.8 Å². The maximum absolute atomic E-state index is 14.7. The summed E-state index contributed by atoms with van der Waals surface area (Å²) in [5.41, 5.74) is 8.29. The van der Waals surface area contributed by atoms with Gasteiger partial charge in [-0.1, -0.05) is 79.6 Å². The molecule has 7 rings (SSSR count). The highest BCUT2D eigenvalue weighted by molar-refractivity contribution is 6.00. The lowest BCUT2D eigenvalue weighted by molar-refractivity contribution is -0.149. The molecule has 3 aromatic carbocycles. The third kappa shape index (κ3) is 13.0. The van der Waals surface area contributed by atoms with Gasteiger partial charge in [0.25, 0.3) is 5.91 Å². The lowest BCUT2D eigenvalue weighted by Gasteiger charge is -2.39. The van der Waals surface area contributed by atoms with Crippen molar-refractivity contribution in [2.24, 2.45) is 12.8 Å². The summed E-state index contributed by atoms with van der Waals surface area (Å²) in [6, 6.07) is 19.2. The van der Waals surface area contributed by atoms with Crippen LogP contribution >= 0.6 is 0 Å². The number of hydrogen-bond acceptors (Lipinski definition) is 10. The average Bonchev–Trinajstić information content (AvgIpc) is 3.89. The fraction of sp³-hybridized carbons (Fsp3) is 0.500. The number of likely N-dealkylation sites (N-methyl/N-ethyl adjacent to an activating group) is 1. The average molecular weight is 1000 g/mol. The fourth-order valence-electron chi connectivity index (χ4n) is 10.3. The van der Waals surface area contributed by atoms with Gasteiger partial charge in [-0.15, -0.1) is 0 Å². The van der Waals surface area contributed by atoms with Crippen molar-refractivity contribution in [3.63, 3.8) is 0 Å². The number of carbonyl (C=O) groups is 8. The van der Waals surface area contributed by atoms with E-state index in [9.17, 15) is 43.2 Å². The minimum atomic E-state index is -1.25. The first-order valence-electron chi connectivity index (χ1n) is 25.4. The van der Waals surface area contributed by atoms with Crippen LogP contribution in [0, 0.1) is 0 Å². The number of ether oxygens (including phenoxy) is 1. The number of aromatic nitrogens is 2. The number of rotatable bonds is 18. The number of imide groups is 1. The molecule has 3 saturated heterocycles. The van der Waals surface area contributed by atoms with Gasteiger partial charge in [0.15, 0.2) is 0 Å². The summed E-state index contributed by atoms with van der Waals surface area (Å²) in [5, 5.41) is 8.58. The predicted octanol–water partition coefficient (Wildman–Crippen LogP) is 4.29. The van der Waals surface area contributed by atoms with E-state index in [2.05, 4.69) is 16.0 Å². The summed E-state index contributed by atoms with van der Waals surface area (Å²) in [6.45, 7) is 5.21. The van der Waals surface area contributed by atoms with Crippen LogP contribution in [0.1, 0.15) is 127 Å². The summed E-state index contributed by atoms with van der Waals surface area (Å²) in [6.07, 6.45) is 4.37. The summed E-state index contributed by atoms with van der Waals surface area (Å²) < 4.78 is 8.56. The molecule has 0 radical (unpaired) electrons. The number of alkyl carbamates (subject to hydrolysis) is 1. The van der Waals surface area contributed by atoms with Gasteiger partial charge in [0, 0.05) is 45.9 Å². The Labute approximate surface area is 425 Å². The molecule has 0 aliphatic carbocycles. The summed E-state index contributed by atoms with van der Waals surface area (Å²) in [4.78, 5) is 125. The van der Waals surface area contributed by atoms with Crippen molar-refractivity contribution >= 4 is 58.5 Å². The van der Waals surface area contributed by atoms with Crippen LogP contribution in [0.15, 0.2) is 83.7 Å².